The summed E-state index contributed by atoms with van der Waals surface area (Å²) in [5, 5.41) is 36.4. The summed E-state index contributed by atoms with van der Waals surface area (Å²) in [7, 11) is 0. The zero-order valence-corrected chi connectivity index (χ0v) is 15.1. The molecule has 0 aliphatic carbocycles. The molecular formula is C18H17N7O3. The Morgan fingerprint density at radius 1 is 1.14 bits per heavy atom. The van der Waals surface area contributed by atoms with E-state index in [-0.39, 0.29) is 11.4 Å². The fraction of sp³-hybridized carbons (Fsp3) is 0.111. The number of nitro groups is 1. The van der Waals surface area contributed by atoms with Gasteiger partial charge in [0.25, 0.3) is 5.69 Å². The first-order chi connectivity index (χ1) is 13.5. The number of nitrogens with one attached hydrogen (secondary N) is 1. The maximum atomic E-state index is 10.8. The number of nitro benzene ring substituents is 1. The number of hydrogen-bond acceptors (Lipinski definition) is 8. The second-order valence-corrected chi connectivity index (χ2v) is 5.82. The van der Waals surface area contributed by atoms with Gasteiger partial charge in [0.15, 0.2) is 5.71 Å². The highest BCUT2D eigenvalue weighted by Gasteiger charge is 2.18. The van der Waals surface area contributed by atoms with E-state index in [0.717, 1.165) is 5.69 Å². The number of aromatic nitrogens is 3. The van der Waals surface area contributed by atoms with Gasteiger partial charge in [0.05, 0.1) is 27.7 Å². The first-order valence-corrected chi connectivity index (χ1v) is 8.26. The third kappa shape index (κ3) is 4.01. The predicted octanol–water partition coefficient (Wildman–Crippen LogP) is 3.15. The summed E-state index contributed by atoms with van der Waals surface area (Å²) in [6.07, 6.45) is 0. The smallest absolute Gasteiger partial charge is 0.269 e. The van der Waals surface area contributed by atoms with E-state index < -0.39 is 4.92 Å². The van der Waals surface area contributed by atoms with Crippen LogP contribution in [0.5, 0.6) is 0 Å². The third-order valence-electron chi connectivity index (χ3n) is 3.87. The number of hydrogen-bond donors (Lipinski definition) is 2. The van der Waals surface area contributed by atoms with Crippen LogP contribution in [0, 0.1) is 17.0 Å². The molecule has 0 fully saturated rings. The second kappa shape index (κ2) is 8.08. The Morgan fingerprint density at radius 3 is 2.43 bits per heavy atom. The molecule has 0 saturated carbocycles. The van der Waals surface area contributed by atoms with Gasteiger partial charge in [-0.05, 0) is 38.1 Å². The Bertz CT molecular complexity index is 1040. The minimum Gasteiger partial charge on any atom is -0.410 e. The molecule has 0 aliphatic rings. The molecule has 0 saturated heterocycles. The van der Waals surface area contributed by atoms with Gasteiger partial charge in [-0.15, -0.1) is 5.10 Å². The third-order valence-corrected chi connectivity index (χ3v) is 3.87. The molecule has 3 rings (SSSR count). The van der Waals surface area contributed by atoms with Crippen LogP contribution in [0.4, 0.5) is 11.4 Å². The topological polar surface area (TPSA) is 131 Å². The zero-order valence-electron chi connectivity index (χ0n) is 15.1. The van der Waals surface area contributed by atoms with E-state index in [9.17, 15) is 15.3 Å². The van der Waals surface area contributed by atoms with Gasteiger partial charge in [0.1, 0.15) is 5.69 Å². The Morgan fingerprint density at radius 2 is 1.82 bits per heavy atom. The van der Waals surface area contributed by atoms with Gasteiger partial charge in [0.2, 0.25) is 0 Å². The lowest BCUT2D eigenvalue weighted by Crippen LogP contribution is -2.16. The van der Waals surface area contributed by atoms with E-state index in [1.807, 2.05) is 30.3 Å². The maximum Gasteiger partial charge on any atom is 0.269 e. The summed E-state index contributed by atoms with van der Waals surface area (Å²) in [5.74, 6) is 0. The van der Waals surface area contributed by atoms with Crippen LogP contribution in [0.2, 0.25) is 0 Å². The van der Waals surface area contributed by atoms with Crippen molar-refractivity contribution in [3.05, 3.63) is 76.1 Å². The van der Waals surface area contributed by atoms with Crippen molar-refractivity contribution in [2.24, 2.45) is 10.3 Å². The molecule has 3 aromatic rings. The number of nitrogens with zero attached hydrogens (tertiary/aromatic N) is 6. The number of anilines is 1. The number of non-ortho nitro benzene ring substituents is 1. The van der Waals surface area contributed by atoms with Crippen LogP contribution in [0.15, 0.2) is 64.9 Å². The average Bonchev–Trinajstić information content (AvgIpc) is 3.09. The van der Waals surface area contributed by atoms with E-state index >= 15 is 0 Å². The molecule has 10 heteroatoms. The summed E-state index contributed by atoms with van der Waals surface area (Å²) < 4.78 is 0. The molecule has 0 radical (unpaired) electrons. The number of oxime groups is 1. The van der Waals surface area contributed by atoms with Crippen molar-refractivity contribution in [1.82, 2.24) is 15.0 Å². The molecular weight excluding hydrogens is 362 g/mol. The lowest BCUT2D eigenvalue weighted by atomic mass is 10.1. The minimum atomic E-state index is -0.479. The molecule has 142 valence electrons. The van der Waals surface area contributed by atoms with E-state index in [1.165, 1.54) is 29.1 Å². The molecule has 0 unspecified atom stereocenters. The van der Waals surface area contributed by atoms with Gasteiger partial charge < -0.3 is 5.21 Å². The number of aryl methyl sites for hydroxylation is 1. The predicted molar refractivity (Wildman–Crippen MR) is 104 cm³/mol. The summed E-state index contributed by atoms with van der Waals surface area (Å²) >= 11 is 0. The van der Waals surface area contributed by atoms with E-state index in [1.54, 1.807) is 13.8 Å². The van der Waals surface area contributed by atoms with Crippen molar-refractivity contribution in [3.63, 3.8) is 0 Å². The van der Waals surface area contributed by atoms with Crippen LogP contribution < -0.4 is 5.43 Å². The lowest BCUT2D eigenvalue weighted by Gasteiger charge is -2.04. The largest absolute Gasteiger partial charge is 0.410 e. The van der Waals surface area contributed by atoms with Crippen LogP contribution in [0.1, 0.15) is 18.3 Å². The molecule has 0 aliphatic heterocycles. The highest BCUT2D eigenvalue weighted by molar-refractivity contribution is 6.47. The van der Waals surface area contributed by atoms with Crippen LogP contribution in [0.25, 0.3) is 5.69 Å². The molecule has 2 aromatic carbocycles. The van der Waals surface area contributed by atoms with Crippen molar-refractivity contribution in [1.29, 1.82) is 0 Å². The number of benzene rings is 2. The molecule has 0 spiro atoms. The van der Waals surface area contributed by atoms with Crippen molar-refractivity contribution < 1.29 is 10.1 Å². The first kappa shape index (κ1) is 18.7. The highest BCUT2D eigenvalue weighted by Crippen LogP contribution is 2.15. The quantitative estimate of drug-likeness (QED) is 0.293. The number of para-hydroxylation sites is 1. The zero-order chi connectivity index (χ0) is 20.1. The molecule has 0 atom stereocenters. The summed E-state index contributed by atoms with van der Waals surface area (Å²) in [4.78, 5) is 11.6. The summed E-state index contributed by atoms with van der Waals surface area (Å²) in [6.45, 7) is 3.39. The standard InChI is InChI=1S/C18H17N7O3/c1-12(19-20-14-6-4-3-5-7-14)18(23-26)17-13(2)21-24(22-17)15-8-10-16(11-9-15)25(27)28/h3-11,20,26H,1-2H3/b19-12+,23-18+. The Balaban J connectivity index is 1.86. The van der Waals surface area contributed by atoms with Gasteiger partial charge in [-0.1, -0.05) is 23.4 Å². The summed E-state index contributed by atoms with van der Waals surface area (Å²) in [6, 6.07) is 15.1. The Labute approximate surface area is 160 Å². The van der Waals surface area contributed by atoms with Crippen LogP contribution in [-0.4, -0.2) is 36.5 Å². The molecule has 1 heterocycles. The van der Waals surface area contributed by atoms with Crippen molar-refractivity contribution in [3.8, 4) is 5.69 Å². The summed E-state index contributed by atoms with van der Waals surface area (Å²) in [5.41, 5.74) is 5.60. The number of hydrazone groups is 1. The molecule has 1 aromatic heterocycles. The Kier molecular flexibility index (Phi) is 5.40. The maximum absolute atomic E-state index is 10.8. The fourth-order valence-electron chi connectivity index (χ4n) is 2.43. The monoisotopic (exact) mass is 379 g/mol. The van der Waals surface area contributed by atoms with Gasteiger partial charge in [-0.3, -0.25) is 15.5 Å². The first-order valence-electron chi connectivity index (χ1n) is 8.26. The van der Waals surface area contributed by atoms with Gasteiger partial charge in [0, 0.05) is 12.1 Å². The fourth-order valence-corrected chi connectivity index (χ4v) is 2.43. The average molecular weight is 379 g/mol. The molecule has 2 N–H and O–H groups in total. The van der Waals surface area contributed by atoms with Gasteiger partial charge in [-0.2, -0.15) is 15.0 Å². The molecule has 10 nitrogen and oxygen atoms in total. The van der Waals surface area contributed by atoms with Crippen molar-refractivity contribution in [2.75, 3.05) is 5.43 Å². The Hall–Kier alpha value is -4.08. The van der Waals surface area contributed by atoms with Crippen LogP contribution in [0.3, 0.4) is 0 Å². The number of rotatable bonds is 6. The van der Waals surface area contributed by atoms with Crippen LogP contribution in [-0.2, 0) is 0 Å². The minimum absolute atomic E-state index is 0.0274. The molecule has 28 heavy (non-hydrogen) atoms. The highest BCUT2D eigenvalue weighted by atomic mass is 16.6. The van der Waals surface area contributed by atoms with Crippen molar-refractivity contribution in [2.45, 2.75) is 13.8 Å². The van der Waals surface area contributed by atoms with E-state index in [4.69, 9.17) is 0 Å². The van der Waals surface area contributed by atoms with Gasteiger partial charge >= 0.3 is 0 Å². The van der Waals surface area contributed by atoms with E-state index in [2.05, 4.69) is 25.9 Å². The van der Waals surface area contributed by atoms with Gasteiger partial charge in [-0.25, -0.2) is 0 Å². The van der Waals surface area contributed by atoms with Crippen molar-refractivity contribution >= 4 is 22.8 Å². The second-order valence-electron chi connectivity index (χ2n) is 5.82. The normalized spacial score (nSPS) is 12.1. The lowest BCUT2D eigenvalue weighted by molar-refractivity contribution is -0.384. The van der Waals surface area contributed by atoms with E-state index in [0.29, 0.717) is 22.8 Å². The van der Waals surface area contributed by atoms with Crippen LogP contribution >= 0.6 is 0 Å². The molecule has 0 amide bonds. The SMILES string of the molecule is CC(=N\Nc1ccccc1)/C(=N\O)c1nn(-c2ccc([N+](=O)[O-])cc2)nc1C. The molecule has 0 bridgehead atoms.